The van der Waals surface area contributed by atoms with Gasteiger partial charge in [0.05, 0.1) is 24.8 Å². The summed E-state index contributed by atoms with van der Waals surface area (Å²) in [5.74, 6) is 0.537. The summed E-state index contributed by atoms with van der Waals surface area (Å²) in [6.45, 7) is 1.28. The van der Waals surface area contributed by atoms with Crippen molar-refractivity contribution in [3.05, 3.63) is 90.9 Å². The molecule has 0 aliphatic heterocycles. The van der Waals surface area contributed by atoms with Gasteiger partial charge >= 0.3 is 0 Å². The number of halogens is 3. The number of nitriles is 1. The lowest BCUT2D eigenvalue weighted by atomic mass is 10.0. The standard InChI is InChI=1S/C22H17Br2ClN2O2/c23-19-6-7-20(25)18(11-19)13-28-9-8-16-10-15(12-26)4-5-17(16)14-29-22-3-1-2-21(24)27-22/h1-7,10-11H,8-9,13-14H2. The molecule has 0 bridgehead atoms. The number of nitrogens with zero attached hydrogens (tertiary/aromatic N) is 2. The van der Waals surface area contributed by atoms with Gasteiger partial charge < -0.3 is 9.47 Å². The van der Waals surface area contributed by atoms with Crippen molar-refractivity contribution in [3.8, 4) is 11.9 Å². The van der Waals surface area contributed by atoms with Crippen LogP contribution in [0.15, 0.2) is 63.7 Å². The van der Waals surface area contributed by atoms with Crippen LogP contribution in [0.25, 0.3) is 0 Å². The maximum Gasteiger partial charge on any atom is 0.214 e. The van der Waals surface area contributed by atoms with Gasteiger partial charge in [-0.05, 0) is 75.4 Å². The van der Waals surface area contributed by atoms with E-state index in [-0.39, 0.29) is 0 Å². The molecule has 0 spiro atoms. The largest absolute Gasteiger partial charge is 0.473 e. The molecule has 0 aliphatic carbocycles. The molecular formula is C22H17Br2ClN2O2. The van der Waals surface area contributed by atoms with E-state index in [1.165, 1.54) is 0 Å². The van der Waals surface area contributed by atoms with E-state index in [1.54, 1.807) is 12.1 Å². The molecule has 0 saturated carbocycles. The molecule has 1 aromatic heterocycles. The Kier molecular flexibility index (Phi) is 8.08. The molecule has 0 amide bonds. The molecule has 0 N–H and O–H groups in total. The molecule has 0 radical (unpaired) electrons. The molecule has 0 aliphatic rings. The van der Waals surface area contributed by atoms with Crippen LogP contribution in [-0.2, 0) is 24.4 Å². The van der Waals surface area contributed by atoms with Crippen LogP contribution < -0.4 is 4.74 Å². The molecule has 0 saturated heterocycles. The van der Waals surface area contributed by atoms with Gasteiger partial charge in [-0.3, -0.25) is 0 Å². The van der Waals surface area contributed by atoms with Crippen LogP contribution in [0, 0.1) is 11.3 Å². The fourth-order valence-electron chi connectivity index (χ4n) is 2.71. The Labute approximate surface area is 191 Å². The Bertz CT molecular complexity index is 1040. The number of aromatic nitrogens is 1. The highest BCUT2D eigenvalue weighted by molar-refractivity contribution is 9.10. The van der Waals surface area contributed by atoms with Crippen LogP contribution >= 0.6 is 43.5 Å². The molecule has 0 fully saturated rings. The Morgan fingerprint density at radius 2 is 1.83 bits per heavy atom. The summed E-state index contributed by atoms with van der Waals surface area (Å²) in [6, 6.07) is 19.0. The summed E-state index contributed by atoms with van der Waals surface area (Å²) in [6.07, 6.45) is 0.658. The zero-order valence-corrected chi connectivity index (χ0v) is 19.3. The zero-order chi connectivity index (χ0) is 20.6. The molecule has 2 aromatic carbocycles. The molecule has 7 heteroatoms. The molecule has 0 atom stereocenters. The first kappa shape index (κ1) is 21.8. The smallest absolute Gasteiger partial charge is 0.214 e. The molecule has 3 aromatic rings. The zero-order valence-electron chi connectivity index (χ0n) is 15.4. The third kappa shape index (κ3) is 6.55. The maximum atomic E-state index is 9.22. The lowest BCUT2D eigenvalue weighted by molar-refractivity contribution is 0.123. The van der Waals surface area contributed by atoms with Crippen molar-refractivity contribution in [1.82, 2.24) is 4.98 Å². The summed E-state index contributed by atoms with van der Waals surface area (Å²) in [5.41, 5.74) is 3.55. The van der Waals surface area contributed by atoms with Crippen molar-refractivity contribution in [2.45, 2.75) is 19.6 Å². The number of ether oxygens (including phenoxy) is 2. The van der Waals surface area contributed by atoms with E-state index >= 15 is 0 Å². The van der Waals surface area contributed by atoms with E-state index in [9.17, 15) is 5.26 Å². The third-order valence-corrected chi connectivity index (χ3v) is 5.49. The minimum Gasteiger partial charge on any atom is -0.473 e. The van der Waals surface area contributed by atoms with Crippen LogP contribution in [0.4, 0.5) is 0 Å². The van der Waals surface area contributed by atoms with Crippen molar-refractivity contribution >= 4 is 43.5 Å². The van der Waals surface area contributed by atoms with Crippen molar-refractivity contribution in [2.75, 3.05) is 6.61 Å². The predicted octanol–water partition coefficient (Wildman–Crippen LogP) is 6.47. The average Bonchev–Trinajstić information content (AvgIpc) is 2.72. The Hall–Kier alpha value is -1.91. The normalized spacial score (nSPS) is 10.6. The average molecular weight is 537 g/mol. The highest BCUT2D eigenvalue weighted by Crippen LogP contribution is 2.22. The highest BCUT2D eigenvalue weighted by Gasteiger charge is 2.08. The number of hydrogen-bond acceptors (Lipinski definition) is 4. The molecule has 3 rings (SSSR count). The number of benzene rings is 2. The second kappa shape index (κ2) is 10.7. The number of rotatable bonds is 8. The molecule has 29 heavy (non-hydrogen) atoms. The van der Waals surface area contributed by atoms with Crippen LogP contribution in [0.1, 0.15) is 22.3 Å². The number of pyridine rings is 1. The quantitative estimate of drug-likeness (QED) is 0.245. The minimum absolute atomic E-state index is 0.363. The van der Waals surface area contributed by atoms with Crippen molar-refractivity contribution in [2.24, 2.45) is 0 Å². The second-order valence-electron chi connectivity index (χ2n) is 6.22. The first-order valence-corrected chi connectivity index (χ1v) is 10.8. The van der Waals surface area contributed by atoms with Gasteiger partial charge in [0.25, 0.3) is 0 Å². The fourth-order valence-corrected chi connectivity index (χ4v) is 3.62. The SMILES string of the molecule is N#Cc1ccc(COc2cccc(Br)n2)c(CCOCc2cc(Br)ccc2Cl)c1. The van der Waals surface area contributed by atoms with Gasteiger partial charge in [-0.1, -0.05) is 39.7 Å². The van der Waals surface area contributed by atoms with E-state index in [2.05, 4.69) is 42.9 Å². The van der Waals surface area contributed by atoms with E-state index < -0.39 is 0 Å². The Balaban J connectivity index is 1.62. The molecule has 0 unspecified atom stereocenters. The van der Waals surface area contributed by atoms with Gasteiger partial charge in [0.15, 0.2) is 0 Å². The summed E-state index contributed by atoms with van der Waals surface area (Å²) in [4.78, 5) is 4.28. The monoisotopic (exact) mass is 534 g/mol. The molecule has 1 heterocycles. The first-order valence-electron chi connectivity index (χ1n) is 8.84. The fraction of sp³-hybridized carbons (Fsp3) is 0.182. The lowest BCUT2D eigenvalue weighted by Crippen LogP contribution is -2.06. The summed E-state index contributed by atoms with van der Waals surface area (Å²) >= 11 is 13.0. The van der Waals surface area contributed by atoms with Gasteiger partial charge in [0, 0.05) is 15.6 Å². The third-order valence-electron chi connectivity index (χ3n) is 4.18. The topological polar surface area (TPSA) is 55.1 Å². The number of hydrogen-bond donors (Lipinski definition) is 0. The van der Waals surface area contributed by atoms with E-state index in [4.69, 9.17) is 21.1 Å². The van der Waals surface area contributed by atoms with Crippen LogP contribution in [0.5, 0.6) is 5.88 Å². The Morgan fingerprint density at radius 3 is 2.62 bits per heavy atom. The van der Waals surface area contributed by atoms with Gasteiger partial charge in [-0.2, -0.15) is 5.26 Å². The second-order valence-corrected chi connectivity index (χ2v) is 8.36. The van der Waals surface area contributed by atoms with Crippen LogP contribution in [0.2, 0.25) is 5.02 Å². The van der Waals surface area contributed by atoms with Crippen molar-refractivity contribution < 1.29 is 9.47 Å². The van der Waals surface area contributed by atoms with Crippen molar-refractivity contribution in [1.29, 1.82) is 5.26 Å². The van der Waals surface area contributed by atoms with E-state index in [1.807, 2.05) is 42.5 Å². The van der Waals surface area contributed by atoms with Gasteiger partial charge in [-0.25, -0.2) is 4.98 Å². The maximum absolute atomic E-state index is 9.22. The van der Waals surface area contributed by atoms with Gasteiger partial charge in [0.2, 0.25) is 5.88 Å². The molecule has 148 valence electrons. The summed E-state index contributed by atoms with van der Waals surface area (Å²) < 4.78 is 13.3. The molecule has 4 nitrogen and oxygen atoms in total. The summed E-state index contributed by atoms with van der Waals surface area (Å²) in [5, 5.41) is 9.90. The predicted molar refractivity (Wildman–Crippen MR) is 120 cm³/mol. The van der Waals surface area contributed by atoms with Crippen LogP contribution in [0.3, 0.4) is 0 Å². The van der Waals surface area contributed by atoms with Crippen LogP contribution in [-0.4, -0.2) is 11.6 Å². The van der Waals surface area contributed by atoms with Gasteiger partial charge in [-0.15, -0.1) is 0 Å². The molecular weight excluding hydrogens is 520 g/mol. The first-order chi connectivity index (χ1) is 14.0. The lowest BCUT2D eigenvalue weighted by Gasteiger charge is -2.12. The minimum atomic E-state index is 0.363. The Morgan fingerprint density at radius 1 is 0.966 bits per heavy atom. The van der Waals surface area contributed by atoms with E-state index in [0.29, 0.717) is 42.7 Å². The van der Waals surface area contributed by atoms with E-state index in [0.717, 1.165) is 25.8 Å². The van der Waals surface area contributed by atoms with Gasteiger partial charge in [0.1, 0.15) is 11.2 Å². The van der Waals surface area contributed by atoms with Crippen molar-refractivity contribution in [3.63, 3.8) is 0 Å². The highest BCUT2D eigenvalue weighted by atomic mass is 79.9. The summed E-state index contributed by atoms with van der Waals surface area (Å²) in [7, 11) is 0.